The van der Waals surface area contributed by atoms with E-state index in [9.17, 15) is 18.0 Å². The number of anilines is 2. The lowest BCUT2D eigenvalue weighted by Crippen LogP contribution is -2.54. The topological polar surface area (TPSA) is 74.8 Å². The molecule has 2 amide bonds. The molecule has 3 aromatic rings. The van der Waals surface area contributed by atoms with Crippen LogP contribution in [0.1, 0.15) is 22.3 Å². The van der Waals surface area contributed by atoms with Gasteiger partial charge in [-0.15, -0.1) is 0 Å². The molecule has 2 heterocycles. The predicted molar refractivity (Wildman–Crippen MR) is 128 cm³/mol. The Morgan fingerprint density at radius 3 is 2.42 bits per heavy atom. The second-order valence-electron chi connectivity index (χ2n) is 8.44. The quantitative estimate of drug-likeness (QED) is 0.565. The Morgan fingerprint density at radius 2 is 1.70 bits per heavy atom. The summed E-state index contributed by atoms with van der Waals surface area (Å²) >= 11 is 6.13. The second-order valence-corrected chi connectivity index (χ2v) is 11.0. The third kappa shape index (κ3) is 3.03. The van der Waals surface area contributed by atoms with Crippen LogP contribution in [0.3, 0.4) is 0 Å². The van der Waals surface area contributed by atoms with E-state index in [2.05, 4.69) is 0 Å². The van der Waals surface area contributed by atoms with E-state index >= 15 is 0 Å². The van der Waals surface area contributed by atoms with Crippen molar-refractivity contribution < 1.29 is 18.0 Å². The van der Waals surface area contributed by atoms with Gasteiger partial charge in [-0.25, -0.2) is 8.42 Å². The van der Waals surface area contributed by atoms with Crippen molar-refractivity contribution in [3.8, 4) is 0 Å². The summed E-state index contributed by atoms with van der Waals surface area (Å²) in [7, 11) is -4.19. The highest BCUT2D eigenvalue weighted by atomic mass is 35.5. The SMILES string of the molecule is Cc1ccc(N2C(=O)CS(=O)(=O)C23C(=O)N(Cc2cccc(Cl)c2)c2ccccc23)cc1C. The smallest absolute Gasteiger partial charge is 0.274 e. The molecule has 6 nitrogen and oxygen atoms in total. The van der Waals surface area contributed by atoms with Crippen LogP contribution in [0.15, 0.2) is 66.7 Å². The van der Waals surface area contributed by atoms with Crippen LogP contribution >= 0.6 is 11.6 Å². The lowest BCUT2D eigenvalue weighted by Gasteiger charge is -2.33. The van der Waals surface area contributed by atoms with Crippen molar-refractivity contribution in [2.45, 2.75) is 25.3 Å². The first-order valence-corrected chi connectivity index (χ1v) is 12.5. The highest BCUT2D eigenvalue weighted by Crippen LogP contribution is 2.52. The Morgan fingerprint density at radius 1 is 0.939 bits per heavy atom. The first-order chi connectivity index (χ1) is 15.7. The second kappa shape index (κ2) is 7.43. The van der Waals surface area contributed by atoms with E-state index < -0.39 is 32.3 Å². The normalized spacial score (nSPS) is 21.2. The van der Waals surface area contributed by atoms with E-state index in [0.29, 0.717) is 22.0 Å². The molecular formula is C25H21ClN2O4S. The molecule has 0 aliphatic carbocycles. The van der Waals surface area contributed by atoms with Gasteiger partial charge in [0.25, 0.3) is 10.8 Å². The number of aryl methyl sites for hydroxylation is 2. The molecule has 0 bridgehead atoms. The number of carbonyl (C=O) groups is 2. The summed E-state index contributed by atoms with van der Waals surface area (Å²) in [5, 5.41) is 0.516. The number of nitrogens with zero attached hydrogens (tertiary/aromatic N) is 2. The van der Waals surface area contributed by atoms with Crippen LogP contribution in [0.4, 0.5) is 11.4 Å². The largest absolute Gasteiger partial charge is 0.304 e. The predicted octanol–water partition coefficient (Wildman–Crippen LogP) is 4.12. The van der Waals surface area contributed by atoms with Crippen molar-refractivity contribution in [3.05, 3.63) is 94.0 Å². The number of fused-ring (bicyclic) bond motifs is 2. The van der Waals surface area contributed by atoms with E-state index in [0.717, 1.165) is 16.7 Å². The Hall–Kier alpha value is -3.16. The fourth-order valence-corrected chi connectivity index (χ4v) is 6.98. The Kier molecular flexibility index (Phi) is 4.88. The number of hydrogen-bond donors (Lipinski definition) is 0. The Balaban J connectivity index is 1.74. The molecule has 33 heavy (non-hydrogen) atoms. The average molecular weight is 481 g/mol. The molecular weight excluding hydrogens is 460 g/mol. The van der Waals surface area contributed by atoms with Gasteiger partial charge in [-0.1, -0.05) is 48.0 Å². The molecule has 0 saturated carbocycles. The van der Waals surface area contributed by atoms with E-state index in [-0.39, 0.29) is 6.54 Å². The lowest BCUT2D eigenvalue weighted by atomic mass is 10.0. The van der Waals surface area contributed by atoms with Crippen LogP contribution in [0.5, 0.6) is 0 Å². The fourth-order valence-electron chi connectivity index (χ4n) is 4.73. The molecule has 1 fully saturated rings. The molecule has 0 N–H and O–H groups in total. The van der Waals surface area contributed by atoms with Crippen molar-refractivity contribution in [3.63, 3.8) is 0 Å². The minimum absolute atomic E-state index is 0.128. The van der Waals surface area contributed by atoms with Crippen molar-refractivity contribution in [1.82, 2.24) is 0 Å². The number of hydrogen-bond acceptors (Lipinski definition) is 4. The third-order valence-electron chi connectivity index (χ3n) is 6.40. The van der Waals surface area contributed by atoms with Gasteiger partial charge in [0.1, 0.15) is 5.75 Å². The van der Waals surface area contributed by atoms with E-state index in [4.69, 9.17) is 11.6 Å². The summed E-state index contributed by atoms with van der Waals surface area (Å²) in [6.07, 6.45) is 0. The van der Waals surface area contributed by atoms with Crippen molar-refractivity contribution in [2.75, 3.05) is 15.6 Å². The van der Waals surface area contributed by atoms with E-state index in [1.165, 1.54) is 9.80 Å². The van der Waals surface area contributed by atoms with Crippen LogP contribution in [0.2, 0.25) is 5.02 Å². The molecule has 1 spiro atoms. The summed E-state index contributed by atoms with van der Waals surface area (Å²) in [5.41, 5.74) is 3.80. The number of para-hydroxylation sites is 1. The third-order valence-corrected chi connectivity index (χ3v) is 8.74. The van der Waals surface area contributed by atoms with Gasteiger partial charge in [-0.2, -0.15) is 0 Å². The van der Waals surface area contributed by atoms with Crippen LogP contribution in [0, 0.1) is 13.8 Å². The zero-order valence-corrected chi connectivity index (χ0v) is 19.7. The molecule has 2 aliphatic rings. The zero-order valence-electron chi connectivity index (χ0n) is 18.1. The molecule has 3 aromatic carbocycles. The van der Waals surface area contributed by atoms with Gasteiger partial charge in [0.2, 0.25) is 5.91 Å². The van der Waals surface area contributed by atoms with Gasteiger partial charge < -0.3 is 4.90 Å². The summed E-state index contributed by atoms with van der Waals surface area (Å²) < 4.78 is 27.3. The lowest BCUT2D eigenvalue weighted by molar-refractivity contribution is -0.123. The van der Waals surface area contributed by atoms with Gasteiger partial charge in [0, 0.05) is 16.3 Å². The van der Waals surface area contributed by atoms with Crippen molar-refractivity contribution in [1.29, 1.82) is 0 Å². The minimum atomic E-state index is -4.19. The summed E-state index contributed by atoms with van der Waals surface area (Å²) in [5.74, 6) is -2.01. The molecule has 168 valence electrons. The van der Waals surface area contributed by atoms with Gasteiger partial charge in [-0.3, -0.25) is 14.5 Å². The highest BCUT2D eigenvalue weighted by molar-refractivity contribution is 7.94. The summed E-state index contributed by atoms with van der Waals surface area (Å²) in [6.45, 7) is 3.94. The molecule has 1 saturated heterocycles. The molecule has 1 unspecified atom stereocenters. The molecule has 0 radical (unpaired) electrons. The van der Waals surface area contributed by atoms with Gasteiger partial charge >= 0.3 is 0 Å². The van der Waals surface area contributed by atoms with Crippen molar-refractivity contribution >= 4 is 44.6 Å². The van der Waals surface area contributed by atoms with Crippen LogP contribution in [-0.4, -0.2) is 26.0 Å². The maximum atomic E-state index is 14.1. The van der Waals surface area contributed by atoms with Gasteiger partial charge in [0.15, 0.2) is 9.84 Å². The first-order valence-electron chi connectivity index (χ1n) is 10.5. The monoisotopic (exact) mass is 480 g/mol. The molecule has 8 heteroatoms. The highest BCUT2D eigenvalue weighted by Gasteiger charge is 2.69. The first kappa shape index (κ1) is 21.7. The number of amides is 2. The number of benzene rings is 3. The maximum absolute atomic E-state index is 14.1. The maximum Gasteiger partial charge on any atom is 0.274 e. The van der Waals surface area contributed by atoms with Crippen LogP contribution in [0.25, 0.3) is 0 Å². The van der Waals surface area contributed by atoms with E-state index in [1.807, 2.05) is 26.0 Å². The Labute approximate surface area is 197 Å². The number of halogens is 1. The molecule has 0 aromatic heterocycles. The van der Waals surface area contributed by atoms with Gasteiger partial charge in [0.05, 0.1) is 12.2 Å². The zero-order chi connectivity index (χ0) is 23.5. The summed E-state index contributed by atoms with van der Waals surface area (Å²) in [6, 6.07) is 19.1. The van der Waals surface area contributed by atoms with E-state index in [1.54, 1.807) is 54.6 Å². The molecule has 5 rings (SSSR count). The number of rotatable bonds is 3. The molecule has 1 atom stereocenters. The van der Waals surface area contributed by atoms with Crippen LogP contribution in [-0.2, 0) is 30.8 Å². The fraction of sp³-hybridized carbons (Fsp3) is 0.200. The number of carbonyl (C=O) groups excluding carboxylic acids is 2. The number of sulfone groups is 1. The van der Waals surface area contributed by atoms with Crippen molar-refractivity contribution in [2.24, 2.45) is 0 Å². The standard InChI is InChI=1S/C25H21ClN2O4S/c1-16-10-11-20(12-17(16)2)28-23(29)15-33(31,32)25(28)21-8-3-4-9-22(21)27(24(25)30)14-18-6-5-7-19(26)13-18/h3-13H,14-15H2,1-2H3. The van der Waals surface area contributed by atoms with Crippen LogP contribution < -0.4 is 9.80 Å². The molecule has 2 aliphatic heterocycles. The Bertz CT molecular complexity index is 1440. The minimum Gasteiger partial charge on any atom is -0.304 e. The van der Waals surface area contributed by atoms with Gasteiger partial charge in [-0.05, 0) is 60.9 Å². The average Bonchev–Trinajstić information content (AvgIpc) is 3.13. The summed E-state index contributed by atoms with van der Waals surface area (Å²) in [4.78, 5) is 27.7.